The van der Waals surface area contributed by atoms with Gasteiger partial charge in [-0.15, -0.1) is 0 Å². The van der Waals surface area contributed by atoms with Crippen LogP contribution in [0.25, 0.3) is 10.9 Å². The number of anilines is 1. The van der Waals surface area contributed by atoms with Crippen molar-refractivity contribution in [3.8, 4) is 0 Å². The van der Waals surface area contributed by atoms with Crippen LogP contribution in [-0.4, -0.2) is 17.7 Å². The van der Waals surface area contributed by atoms with Crippen molar-refractivity contribution in [1.29, 1.82) is 0 Å². The summed E-state index contributed by atoms with van der Waals surface area (Å²) in [6.07, 6.45) is 2.05. The van der Waals surface area contributed by atoms with Gasteiger partial charge in [-0.1, -0.05) is 41.9 Å². The van der Waals surface area contributed by atoms with Gasteiger partial charge in [-0.2, -0.15) is 0 Å². The molecule has 0 radical (unpaired) electrons. The van der Waals surface area contributed by atoms with Gasteiger partial charge in [-0.3, -0.25) is 0 Å². The van der Waals surface area contributed by atoms with E-state index < -0.39 is 0 Å². The van der Waals surface area contributed by atoms with E-state index in [2.05, 4.69) is 35.2 Å². The van der Waals surface area contributed by atoms with E-state index in [0.717, 1.165) is 41.1 Å². The van der Waals surface area contributed by atoms with Crippen LogP contribution in [0.2, 0.25) is 5.02 Å². The van der Waals surface area contributed by atoms with E-state index in [1.807, 2.05) is 30.3 Å². The predicted octanol–water partition coefficient (Wildman–Crippen LogP) is 4.24. The van der Waals surface area contributed by atoms with E-state index in [1.165, 1.54) is 5.56 Å². The van der Waals surface area contributed by atoms with Crippen LogP contribution in [-0.2, 0) is 6.42 Å². The number of nitrogens with zero attached hydrogens (tertiary/aromatic N) is 2. The Kier molecular flexibility index (Phi) is 4.13. The molecule has 0 aliphatic carbocycles. The van der Waals surface area contributed by atoms with E-state index >= 15 is 0 Å². The van der Waals surface area contributed by atoms with Crippen LogP contribution in [0.5, 0.6) is 0 Å². The number of para-hydroxylation sites is 1. The third-order valence-electron chi connectivity index (χ3n) is 4.87. The standard InChI is InChI=1S/C20H20ClN3/c21-17-8-5-14(6-9-17)13-16-11-12-24(20(16)22)19-10-7-15-3-1-2-4-18(15)23-19/h1-10,16,20H,11-13,22H2. The summed E-state index contributed by atoms with van der Waals surface area (Å²) in [6, 6.07) is 20.5. The molecule has 1 saturated heterocycles. The highest BCUT2D eigenvalue weighted by Crippen LogP contribution is 2.30. The van der Waals surface area contributed by atoms with Crippen molar-refractivity contribution in [2.75, 3.05) is 11.4 Å². The van der Waals surface area contributed by atoms with Gasteiger partial charge >= 0.3 is 0 Å². The van der Waals surface area contributed by atoms with Crippen LogP contribution in [0.4, 0.5) is 5.82 Å². The molecule has 24 heavy (non-hydrogen) atoms. The molecule has 0 bridgehead atoms. The number of aromatic nitrogens is 1. The fourth-order valence-electron chi connectivity index (χ4n) is 3.51. The van der Waals surface area contributed by atoms with Gasteiger partial charge in [0.15, 0.2) is 0 Å². The number of halogens is 1. The fourth-order valence-corrected chi connectivity index (χ4v) is 3.63. The number of fused-ring (bicyclic) bond motifs is 1. The van der Waals surface area contributed by atoms with Crippen molar-refractivity contribution in [2.45, 2.75) is 19.0 Å². The van der Waals surface area contributed by atoms with Crippen molar-refractivity contribution in [3.63, 3.8) is 0 Å². The molecular formula is C20H20ClN3. The molecule has 1 aliphatic rings. The molecule has 2 unspecified atom stereocenters. The van der Waals surface area contributed by atoms with Crippen molar-refractivity contribution < 1.29 is 0 Å². The first kappa shape index (κ1) is 15.4. The summed E-state index contributed by atoms with van der Waals surface area (Å²) in [5, 5.41) is 1.93. The van der Waals surface area contributed by atoms with Gasteiger partial charge in [0, 0.05) is 17.0 Å². The summed E-state index contributed by atoms with van der Waals surface area (Å²) in [5.74, 6) is 1.40. The lowest BCUT2D eigenvalue weighted by Gasteiger charge is -2.26. The molecule has 1 fully saturated rings. The Morgan fingerprint density at radius 2 is 1.83 bits per heavy atom. The minimum atomic E-state index is -0.00524. The van der Waals surface area contributed by atoms with E-state index in [0.29, 0.717) is 5.92 Å². The van der Waals surface area contributed by atoms with Crippen LogP contribution in [0.1, 0.15) is 12.0 Å². The molecule has 1 aliphatic heterocycles. The topological polar surface area (TPSA) is 42.1 Å². The van der Waals surface area contributed by atoms with E-state index in [1.54, 1.807) is 0 Å². The highest BCUT2D eigenvalue weighted by atomic mass is 35.5. The minimum Gasteiger partial charge on any atom is -0.341 e. The molecule has 0 saturated carbocycles. The van der Waals surface area contributed by atoms with Crippen LogP contribution in [0.3, 0.4) is 0 Å². The third kappa shape index (κ3) is 2.97. The molecule has 3 aromatic rings. The second-order valence-corrected chi connectivity index (χ2v) is 6.86. The Morgan fingerprint density at radius 3 is 2.67 bits per heavy atom. The van der Waals surface area contributed by atoms with Gasteiger partial charge in [0.25, 0.3) is 0 Å². The SMILES string of the molecule is NC1C(Cc2ccc(Cl)cc2)CCN1c1ccc2ccccc2n1. The molecule has 122 valence electrons. The van der Waals surface area contributed by atoms with Crippen molar-refractivity contribution >= 4 is 28.3 Å². The third-order valence-corrected chi connectivity index (χ3v) is 5.12. The van der Waals surface area contributed by atoms with Crippen molar-refractivity contribution in [2.24, 2.45) is 11.7 Å². The largest absolute Gasteiger partial charge is 0.341 e. The van der Waals surface area contributed by atoms with Gasteiger partial charge in [0.05, 0.1) is 11.7 Å². The normalized spacial score (nSPS) is 20.7. The maximum atomic E-state index is 6.54. The molecule has 1 aromatic heterocycles. The predicted molar refractivity (Wildman–Crippen MR) is 100 cm³/mol. The van der Waals surface area contributed by atoms with Gasteiger partial charge in [-0.05, 0) is 54.7 Å². The lowest BCUT2D eigenvalue weighted by atomic mass is 9.96. The second-order valence-electron chi connectivity index (χ2n) is 6.43. The molecule has 2 aromatic carbocycles. The Morgan fingerprint density at radius 1 is 1.04 bits per heavy atom. The average molecular weight is 338 g/mol. The first-order chi connectivity index (χ1) is 11.7. The van der Waals surface area contributed by atoms with Gasteiger partial charge in [-0.25, -0.2) is 4.98 Å². The summed E-state index contributed by atoms with van der Waals surface area (Å²) in [7, 11) is 0. The van der Waals surface area contributed by atoms with Gasteiger partial charge in [0.2, 0.25) is 0 Å². The maximum Gasteiger partial charge on any atom is 0.130 e. The summed E-state index contributed by atoms with van der Waals surface area (Å²) in [5.41, 5.74) is 8.84. The Balaban J connectivity index is 1.53. The molecular weight excluding hydrogens is 318 g/mol. The summed E-state index contributed by atoms with van der Waals surface area (Å²) in [6.45, 7) is 0.949. The monoisotopic (exact) mass is 337 g/mol. The fraction of sp³-hybridized carbons (Fsp3) is 0.250. The number of hydrogen-bond acceptors (Lipinski definition) is 3. The van der Waals surface area contributed by atoms with Crippen LogP contribution in [0.15, 0.2) is 60.7 Å². The number of hydrogen-bond donors (Lipinski definition) is 1. The first-order valence-electron chi connectivity index (χ1n) is 8.33. The Labute approximate surface area is 147 Å². The number of rotatable bonds is 3. The molecule has 0 amide bonds. The number of benzene rings is 2. The van der Waals surface area contributed by atoms with Crippen LogP contribution < -0.4 is 10.6 Å². The van der Waals surface area contributed by atoms with E-state index in [-0.39, 0.29) is 6.17 Å². The zero-order valence-corrected chi connectivity index (χ0v) is 14.2. The van der Waals surface area contributed by atoms with Crippen LogP contribution in [0, 0.1) is 5.92 Å². The quantitative estimate of drug-likeness (QED) is 0.777. The summed E-state index contributed by atoms with van der Waals surface area (Å²) in [4.78, 5) is 7.02. The summed E-state index contributed by atoms with van der Waals surface area (Å²) < 4.78 is 0. The molecule has 2 atom stereocenters. The van der Waals surface area contributed by atoms with Gasteiger partial charge < -0.3 is 10.6 Å². The average Bonchev–Trinajstić information content (AvgIpc) is 2.97. The van der Waals surface area contributed by atoms with Crippen LogP contribution >= 0.6 is 11.6 Å². The Hall–Kier alpha value is -2.10. The first-order valence-corrected chi connectivity index (χ1v) is 8.71. The summed E-state index contributed by atoms with van der Waals surface area (Å²) >= 11 is 5.97. The highest BCUT2D eigenvalue weighted by Gasteiger charge is 2.32. The van der Waals surface area contributed by atoms with Crippen molar-refractivity contribution in [1.82, 2.24) is 4.98 Å². The zero-order chi connectivity index (χ0) is 16.5. The van der Waals surface area contributed by atoms with E-state index in [9.17, 15) is 0 Å². The molecule has 4 rings (SSSR count). The minimum absolute atomic E-state index is 0.00524. The molecule has 2 N–H and O–H groups in total. The lowest BCUT2D eigenvalue weighted by molar-refractivity contribution is 0.478. The van der Waals surface area contributed by atoms with E-state index in [4.69, 9.17) is 22.3 Å². The molecule has 2 heterocycles. The molecule has 4 heteroatoms. The zero-order valence-electron chi connectivity index (χ0n) is 13.4. The molecule has 0 spiro atoms. The van der Waals surface area contributed by atoms with Gasteiger partial charge in [0.1, 0.15) is 5.82 Å². The number of nitrogens with two attached hydrogens (primary N) is 1. The lowest BCUT2D eigenvalue weighted by Crippen LogP contribution is -2.41. The second kappa shape index (κ2) is 6.42. The van der Waals surface area contributed by atoms with Crippen molar-refractivity contribution in [3.05, 3.63) is 71.2 Å². The maximum absolute atomic E-state index is 6.54. The smallest absolute Gasteiger partial charge is 0.130 e. The highest BCUT2D eigenvalue weighted by molar-refractivity contribution is 6.30. The molecule has 3 nitrogen and oxygen atoms in total. The Bertz CT molecular complexity index is 847. The number of pyridine rings is 1.